The quantitative estimate of drug-likeness (QED) is 0.331. The predicted molar refractivity (Wildman–Crippen MR) is 54.1 cm³/mol. The molecule has 0 aromatic rings. The lowest BCUT2D eigenvalue weighted by Gasteiger charge is -2.19. The Labute approximate surface area is 102 Å². The molecule has 0 amide bonds. The third-order valence-electron chi connectivity index (χ3n) is 2.84. The first-order valence-electron chi connectivity index (χ1n) is 5.36. The van der Waals surface area contributed by atoms with Crippen LogP contribution in [0.3, 0.4) is 0 Å². The molecular weight excluding hydrogens is 253 g/mol. The first-order chi connectivity index (χ1) is 8.28. The summed E-state index contributed by atoms with van der Waals surface area (Å²) in [6, 6.07) is 0. The number of halogens is 3. The largest absolute Gasteiger partial charge is 0.575 e. The van der Waals surface area contributed by atoms with E-state index < -0.39 is 17.7 Å². The van der Waals surface area contributed by atoms with Gasteiger partial charge in [0.15, 0.2) is 0 Å². The van der Waals surface area contributed by atoms with E-state index in [0.29, 0.717) is 6.29 Å². The van der Waals surface area contributed by atoms with Gasteiger partial charge in [-0.1, -0.05) is 6.92 Å². The zero-order valence-corrected chi connectivity index (χ0v) is 9.91. The number of hydrogen-bond acceptors (Lipinski definition) is 4. The molecule has 1 fully saturated rings. The van der Waals surface area contributed by atoms with Crippen molar-refractivity contribution < 1.29 is 32.2 Å². The minimum Gasteiger partial charge on any atom is -0.497 e. The highest BCUT2D eigenvalue weighted by Gasteiger charge is 2.64. The maximum Gasteiger partial charge on any atom is 0.575 e. The number of rotatable bonds is 5. The minimum absolute atomic E-state index is 0.0678. The number of ether oxygens (including phenoxy) is 2. The van der Waals surface area contributed by atoms with E-state index in [1.54, 1.807) is 13.8 Å². The Bertz CT molecular complexity index is 375. The molecule has 0 aliphatic heterocycles. The van der Waals surface area contributed by atoms with Crippen LogP contribution >= 0.6 is 0 Å². The monoisotopic (exact) mass is 266 g/mol. The summed E-state index contributed by atoms with van der Waals surface area (Å²) in [6.07, 6.45) is -3.53. The van der Waals surface area contributed by atoms with Gasteiger partial charge < -0.3 is 9.47 Å². The van der Waals surface area contributed by atoms with Crippen LogP contribution in [0.5, 0.6) is 0 Å². The molecule has 7 heteroatoms. The van der Waals surface area contributed by atoms with E-state index in [2.05, 4.69) is 4.74 Å². The zero-order chi connectivity index (χ0) is 14.0. The maximum atomic E-state index is 12.1. The molecule has 0 saturated heterocycles. The number of hydrogen-bond donors (Lipinski definition) is 0. The normalized spacial score (nSPS) is 27.6. The fourth-order valence-corrected chi connectivity index (χ4v) is 1.89. The van der Waals surface area contributed by atoms with Crippen molar-refractivity contribution in [2.75, 3.05) is 6.61 Å². The summed E-state index contributed by atoms with van der Waals surface area (Å²) >= 11 is 0. The molecule has 4 nitrogen and oxygen atoms in total. The van der Waals surface area contributed by atoms with Crippen LogP contribution < -0.4 is 0 Å². The van der Waals surface area contributed by atoms with Gasteiger partial charge in [-0.05, 0) is 19.3 Å². The summed E-state index contributed by atoms with van der Waals surface area (Å²) in [5.74, 6) is -1.85. The van der Waals surface area contributed by atoms with Gasteiger partial charge >= 0.3 is 12.3 Å². The number of alkyl halides is 3. The Morgan fingerprint density at radius 2 is 2.06 bits per heavy atom. The van der Waals surface area contributed by atoms with Gasteiger partial charge in [-0.2, -0.15) is 0 Å². The number of carbonyl (C=O) groups excluding carboxylic acids is 2. The molecule has 0 heterocycles. The van der Waals surface area contributed by atoms with Gasteiger partial charge in [0.25, 0.3) is 0 Å². The summed E-state index contributed by atoms with van der Waals surface area (Å²) in [5.41, 5.74) is -1.48. The van der Waals surface area contributed by atoms with E-state index in [1.807, 2.05) is 0 Å². The zero-order valence-electron chi connectivity index (χ0n) is 9.91. The molecule has 1 aliphatic carbocycles. The Hall–Kier alpha value is -1.53. The van der Waals surface area contributed by atoms with Crippen LogP contribution in [0, 0.1) is 11.3 Å². The van der Waals surface area contributed by atoms with Crippen molar-refractivity contribution in [2.45, 2.75) is 26.6 Å². The summed E-state index contributed by atoms with van der Waals surface area (Å²) < 4.78 is 44.7. The van der Waals surface area contributed by atoms with Crippen LogP contribution in [-0.2, 0) is 19.1 Å². The topological polar surface area (TPSA) is 52.6 Å². The van der Waals surface area contributed by atoms with Crippen LogP contribution in [0.1, 0.15) is 20.3 Å². The second-order valence-corrected chi connectivity index (χ2v) is 4.01. The van der Waals surface area contributed by atoms with E-state index in [1.165, 1.54) is 0 Å². The average molecular weight is 266 g/mol. The smallest absolute Gasteiger partial charge is 0.497 e. The molecule has 2 unspecified atom stereocenters. The summed E-state index contributed by atoms with van der Waals surface area (Å²) in [7, 11) is 0. The summed E-state index contributed by atoms with van der Waals surface area (Å²) in [6.45, 7) is 3.34. The third kappa shape index (κ3) is 2.83. The SMILES string of the molecule is CCOC(=CC=O)C1(C(=O)OC(F)(F)F)CC1C. The fraction of sp³-hybridized carbons (Fsp3) is 0.636. The molecule has 0 bridgehead atoms. The van der Waals surface area contributed by atoms with Gasteiger partial charge in [0.05, 0.1) is 6.61 Å². The molecule has 1 saturated carbocycles. The molecule has 2 atom stereocenters. The van der Waals surface area contributed by atoms with Gasteiger partial charge in [0, 0.05) is 6.08 Å². The van der Waals surface area contributed by atoms with E-state index in [0.717, 1.165) is 6.08 Å². The lowest BCUT2D eigenvalue weighted by Crippen LogP contribution is -2.30. The molecule has 0 radical (unpaired) electrons. The van der Waals surface area contributed by atoms with Crippen molar-refractivity contribution in [3.05, 3.63) is 11.8 Å². The number of aldehydes is 1. The first kappa shape index (κ1) is 14.5. The highest BCUT2D eigenvalue weighted by atomic mass is 19.4. The lowest BCUT2D eigenvalue weighted by atomic mass is 10.0. The Kier molecular flexibility index (Phi) is 4.03. The van der Waals surface area contributed by atoms with E-state index >= 15 is 0 Å². The number of carbonyl (C=O) groups is 2. The van der Waals surface area contributed by atoms with Crippen molar-refractivity contribution >= 4 is 12.3 Å². The van der Waals surface area contributed by atoms with Crippen LogP contribution in [-0.4, -0.2) is 25.2 Å². The second kappa shape index (κ2) is 4.99. The number of esters is 1. The van der Waals surface area contributed by atoms with E-state index in [9.17, 15) is 22.8 Å². The molecule has 0 N–H and O–H groups in total. The van der Waals surface area contributed by atoms with Crippen LogP contribution in [0.15, 0.2) is 11.8 Å². The molecule has 0 aromatic carbocycles. The highest BCUT2D eigenvalue weighted by molar-refractivity contribution is 5.85. The Morgan fingerprint density at radius 3 is 2.39 bits per heavy atom. The van der Waals surface area contributed by atoms with Crippen LogP contribution in [0.4, 0.5) is 13.2 Å². The Morgan fingerprint density at radius 1 is 1.50 bits per heavy atom. The van der Waals surface area contributed by atoms with Gasteiger partial charge in [-0.15, -0.1) is 13.2 Å². The van der Waals surface area contributed by atoms with E-state index in [4.69, 9.17) is 4.74 Å². The van der Waals surface area contributed by atoms with Gasteiger partial charge in [0.1, 0.15) is 17.5 Å². The molecule has 0 spiro atoms. The van der Waals surface area contributed by atoms with Crippen molar-refractivity contribution in [3.8, 4) is 0 Å². The van der Waals surface area contributed by atoms with Crippen molar-refractivity contribution in [2.24, 2.45) is 11.3 Å². The molecule has 0 aromatic heterocycles. The summed E-state index contributed by atoms with van der Waals surface area (Å²) in [4.78, 5) is 22.0. The van der Waals surface area contributed by atoms with Crippen LogP contribution in [0.2, 0.25) is 0 Å². The van der Waals surface area contributed by atoms with Gasteiger partial charge in [-0.25, -0.2) is 0 Å². The predicted octanol–water partition coefficient (Wildman–Crippen LogP) is 2.19. The first-order valence-corrected chi connectivity index (χ1v) is 5.36. The Balaban J connectivity index is 2.95. The average Bonchev–Trinajstić information content (AvgIpc) is 2.89. The molecular formula is C11H13F3O4. The van der Waals surface area contributed by atoms with Gasteiger partial charge in [-0.3, -0.25) is 9.59 Å². The number of allylic oxidation sites excluding steroid dienone is 1. The van der Waals surface area contributed by atoms with Crippen molar-refractivity contribution in [1.29, 1.82) is 0 Å². The van der Waals surface area contributed by atoms with E-state index in [-0.39, 0.29) is 24.7 Å². The third-order valence-corrected chi connectivity index (χ3v) is 2.84. The minimum atomic E-state index is -5.04. The molecule has 102 valence electrons. The second-order valence-electron chi connectivity index (χ2n) is 4.01. The van der Waals surface area contributed by atoms with Crippen molar-refractivity contribution in [3.63, 3.8) is 0 Å². The highest BCUT2D eigenvalue weighted by Crippen LogP contribution is 2.59. The molecule has 18 heavy (non-hydrogen) atoms. The lowest BCUT2D eigenvalue weighted by molar-refractivity contribution is -0.308. The maximum absolute atomic E-state index is 12.1. The standard InChI is InChI=1S/C11H13F3O4/c1-3-17-8(4-5-15)10(6-7(10)2)9(16)18-11(12,13)14/h4-5,7H,3,6H2,1-2H3. The van der Waals surface area contributed by atoms with Crippen LogP contribution in [0.25, 0.3) is 0 Å². The fourth-order valence-electron chi connectivity index (χ4n) is 1.89. The van der Waals surface area contributed by atoms with Crippen molar-refractivity contribution in [1.82, 2.24) is 0 Å². The molecule has 1 rings (SSSR count). The van der Waals surface area contributed by atoms with Gasteiger partial charge in [0.2, 0.25) is 0 Å². The summed E-state index contributed by atoms with van der Waals surface area (Å²) in [5, 5.41) is 0. The molecule has 1 aliphatic rings.